The van der Waals surface area contributed by atoms with Gasteiger partial charge in [0.05, 0.1) is 12.8 Å². The molecule has 1 aromatic carbocycles. The molecule has 0 radical (unpaired) electrons. The van der Waals surface area contributed by atoms with Crippen LogP contribution >= 0.6 is 0 Å². The highest BCUT2D eigenvalue weighted by Crippen LogP contribution is 2.24. The van der Waals surface area contributed by atoms with Crippen LogP contribution in [0.4, 0.5) is 23.1 Å². The number of fused-ring (bicyclic) bond motifs is 1. The second-order valence-electron chi connectivity index (χ2n) is 9.31. The molecule has 1 saturated heterocycles. The maximum atomic E-state index is 12.1. The summed E-state index contributed by atoms with van der Waals surface area (Å²) < 4.78 is 27.4. The van der Waals surface area contributed by atoms with Crippen LogP contribution < -0.4 is 19.8 Å². The van der Waals surface area contributed by atoms with Crippen LogP contribution in [0.15, 0.2) is 61.1 Å². The van der Waals surface area contributed by atoms with Gasteiger partial charge in [-0.1, -0.05) is 13.0 Å². The van der Waals surface area contributed by atoms with Crippen molar-refractivity contribution >= 4 is 44.2 Å². The second-order valence-corrected chi connectivity index (χ2v) is 11.3. The third-order valence-electron chi connectivity index (χ3n) is 6.74. The van der Waals surface area contributed by atoms with E-state index in [9.17, 15) is 8.42 Å². The van der Waals surface area contributed by atoms with E-state index in [0.717, 1.165) is 48.3 Å². The van der Waals surface area contributed by atoms with E-state index in [1.54, 1.807) is 18.5 Å². The van der Waals surface area contributed by atoms with E-state index >= 15 is 0 Å². The van der Waals surface area contributed by atoms with Gasteiger partial charge in [0.2, 0.25) is 16.0 Å². The number of nitrogens with zero attached hydrogens (tertiary/aromatic N) is 6. The molecule has 1 atom stereocenters. The van der Waals surface area contributed by atoms with Crippen molar-refractivity contribution in [3.8, 4) is 0 Å². The Labute approximate surface area is 217 Å². The molecule has 11 heteroatoms. The molecule has 0 amide bonds. The summed E-state index contributed by atoms with van der Waals surface area (Å²) in [7, 11) is -1.93. The minimum absolute atomic E-state index is 0.397. The van der Waals surface area contributed by atoms with Gasteiger partial charge in [-0.25, -0.2) is 18.4 Å². The van der Waals surface area contributed by atoms with Gasteiger partial charge in [0.15, 0.2) is 0 Å². The van der Waals surface area contributed by atoms with Gasteiger partial charge in [-0.05, 0) is 42.8 Å². The average Bonchev–Trinajstić information content (AvgIpc) is 3.30. The lowest BCUT2D eigenvalue weighted by atomic mass is 10.1. The standard InChI is InChI=1S/C26H32N8O2S/c1-4-21-18-33(15-13-27-21)23-9-7-22(8-10-23)30-26-29-16-19-11-14-34(25(19)31-26)17-20-6-5-12-28-24(20)32(2)37(3,35)36/h5-12,14,16,21,27H,4,13,15,17-18H2,1-3H3,(H,29,30,31). The third-order valence-corrected chi connectivity index (χ3v) is 7.91. The summed E-state index contributed by atoms with van der Waals surface area (Å²) in [6, 6.07) is 14.5. The summed E-state index contributed by atoms with van der Waals surface area (Å²) in [6.45, 7) is 5.64. The van der Waals surface area contributed by atoms with Gasteiger partial charge in [-0.3, -0.25) is 4.31 Å². The van der Waals surface area contributed by atoms with Crippen molar-refractivity contribution < 1.29 is 8.42 Å². The van der Waals surface area contributed by atoms with Crippen LogP contribution in [0, 0.1) is 0 Å². The first-order chi connectivity index (χ1) is 17.8. The lowest BCUT2D eigenvalue weighted by Gasteiger charge is -2.35. The lowest BCUT2D eigenvalue weighted by Crippen LogP contribution is -2.50. The molecular formula is C26H32N8O2S. The van der Waals surface area contributed by atoms with Crippen molar-refractivity contribution in [2.24, 2.45) is 0 Å². The van der Waals surface area contributed by atoms with E-state index in [1.807, 2.05) is 35.0 Å². The van der Waals surface area contributed by atoms with Gasteiger partial charge in [0.1, 0.15) is 11.5 Å². The Kier molecular flexibility index (Phi) is 6.98. The molecule has 0 bridgehead atoms. The van der Waals surface area contributed by atoms with E-state index in [1.165, 1.54) is 23.3 Å². The predicted octanol–water partition coefficient (Wildman–Crippen LogP) is 3.20. The zero-order chi connectivity index (χ0) is 26.0. The molecule has 1 unspecified atom stereocenters. The number of aromatic nitrogens is 4. The summed E-state index contributed by atoms with van der Waals surface area (Å²) >= 11 is 0. The van der Waals surface area contributed by atoms with Crippen molar-refractivity contribution in [3.05, 3.63) is 66.6 Å². The van der Waals surface area contributed by atoms with Gasteiger partial charge < -0.3 is 20.1 Å². The summed E-state index contributed by atoms with van der Waals surface area (Å²) in [5.41, 5.74) is 3.64. The van der Waals surface area contributed by atoms with Gasteiger partial charge >= 0.3 is 0 Å². The van der Waals surface area contributed by atoms with Crippen molar-refractivity contribution in [1.29, 1.82) is 0 Å². The summed E-state index contributed by atoms with van der Waals surface area (Å²) in [5, 5.41) is 7.76. The molecule has 37 heavy (non-hydrogen) atoms. The summed E-state index contributed by atoms with van der Waals surface area (Å²) in [6.07, 6.45) is 7.59. The molecule has 2 N–H and O–H groups in total. The molecule has 1 aliphatic heterocycles. The fraction of sp³-hybridized carbons (Fsp3) is 0.346. The molecule has 10 nitrogen and oxygen atoms in total. The number of hydrogen-bond acceptors (Lipinski definition) is 8. The molecule has 4 aromatic rings. The van der Waals surface area contributed by atoms with E-state index in [2.05, 4.69) is 44.6 Å². The lowest BCUT2D eigenvalue weighted by molar-refractivity contribution is 0.447. The van der Waals surface area contributed by atoms with E-state index in [4.69, 9.17) is 4.98 Å². The van der Waals surface area contributed by atoms with E-state index < -0.39 is 10.0 Å². The maximum Gasteiger partial charge on any atom is 0.233 e. The maximum absolute atomic E-state index is 12.1. The fourth-order valence-corrected chi connectivity index (χ4v) is 5.03. The van der Waals surface area contributed by atoms with Crippen LogP contribution in [0.25, 0.3) is 11.0 Å². The van der Waals surface area contributed by atoms with Gasteiger partial charge in [0, 0.05) is 73.6 Å². The molecule has 1 aliphatic rings. The van der Waals surface area contributed by atoms with Gasteiger partial charge in [0.25, 0.3) is 0 Å². The Morgan fingerprint density at radius 1 is 1.16 bits per heavy atom. The number of sulfonamides is 1. The molecule has 4 heterocycles. The van der Waals surface area contributed by atoms with E-state index in [-0.39, 0.29) is 0 Å². The molecule has 1 fully saturated rings. The first kappa shape index (κ1) is 25.0. The smallest absolute Gasteiger partial charge is 0.233 e. The molecular weight excluding hydrogens is 488 g/mol. The normalized spacial score (nSPS) is 16.2. The Hall–Kier alpha value is -3.70. The predicted molar refractivity (Wildman–Crippen MR) is 148 cm³/mol. The third kappa shape index (κ3) is 5.52. The zero-order valence-electron chi connectivity index (χ0n) is 21.3. The highest BCUT2D eigenvalue weighted by Gasteiger charge is 2.19. The second kappa shape index (κ2) is 10.3. The molecule has 0 saturated carbocycles. The Morgan fingerprint density at radius 3 is 2.73 bits per heavy atom. The first-order valence-corrected chi connectivity index (χ1v) is 14.2. The summed E-state index contributed by atoms with van der Waals surface area (Å²) in [5.74, 6) is 0.891. The Bertz CT molecular complexity index is 1490. The number of rotatable bonds is 8. The highest BCUT2D eigenvalue weighted by molar-refractivity contribution is 7.92. The fourth-order valence-electron chi connectivity index (χ4n) is 4.55. The van der Waals surface area contributed by atoms with Crippen LogP contribution in [-0.2, 0) is 16.6 Å². The number of benzene rings is 1. The van der Waals surface area contributed by atoms with Crippen LogP contribution in [-0.4, -0.2) is 66.9 Å². The minimum Gasteiger partial charge on any atom is -0.369 e. The van der Waals surface area contributed by atoms with Crippen LogP contribution in [0.3, 0.4) is 0 Å². The Morgan fingerprint density at radius 2 is 1.97 bits per heavy atom. The zero-order valence-corrected chi connectivity index (χ0v) is 22.1. The largest absolute Gasteiger partial charge is 0.369 e. The van der Waals surface area contributed by atoms with E-state index in [0.29, 0.717) is 24.4 Å². The number of pyridine rings is 1. The molecule has 0 spiro atoms. The van der Waals surface area contributed by atoms with Crippen molar-refractivity contribution in [2.45, 2.75) is 25.9 Å². The van der Waals surface area contributed by atoms with Crippen LogP contribution in [0.1, 0.15) is 18.9 Å². The molecule has 5 rings (SSSR count). The molecule has 0 aliphatic carbocycles. The van der Waals surface area contributed by atoms with Crippen LogP contribution in [0.5, 0.6) is 0 Å². The average molecular weight is 521 g/mol. The van der Waals surface area contributed by atoms with Crippen LogP contribution in [0.2, 0.25) is 0 Å². The first-order valence-electron chi connectivity index (χ1n) is 12.4. The van der Waals surface area contributed by atoms with Crippen molar-refractivity contribution in [2.75, 3.05) is 47.5 Å². The number of nitrogens with one attached hydrogen (secondary N) is 2. The Balaban J connectivity index is 1.35. The minimum atomic E-state index is -3.44. The quantitative estimate of drug-likeness (QED) is 0.365. The topological polar surface area (TPSA) is 108 Å². The molecule has 3 aromatic heterocycles. The van der Waals surface area contributed by atoms with Crippen molar-refractivity contribution in [3.63, 3.8) is 0 Å². The molecule has 194 valence electrons. The summed E-state index contributed by atoms with van der Waals surface area (Å²) in [4.78, 5) is 16.0. The van der Waals surface area contributed by atoms with Gasteiger partial charge in [-0.2, -0.15) is 4.98 Å². The number of hydrogen-bond donors (Lipinski definition) is 2. The highest BCUT2D eigenvalue weighted by atomic mass is 32.2. The van der Waals surface area contributed by atoms with Gasteiger partial charge in [-0.15, -0.1) is 0 Å². The monoisotopic (exact) mass is 520 g/mol. The van der Waals surface area contributed by atoms with Crippen molar-refractivity contribution in [1.82, 2.24) is 24.8 Å². The SMILES string of the molecule is CCC1CN(c2ccc(Nc3ncc4ccn(Cc5cccnc5N(C)S(C)(=O)=O)c4n3)cc2)CCN1. The number of anilines is 4. The number of piperazine rings is 1.